The third kappa shape index (κ3) is 4.23. The number of halogens is 3. The van der Waals surface area contributed by atoms with Crippen LogP contribution in [0.5, 0.6) is 0 Å². The van der Waals surface area contributed by atoms with Crippen LogP contribution in [0.1, 0.15) is 64.5 Å². The molecule has 1 aliphatic carbocycles. The van der Waals surface area contributed by atoms with Crippen LogP contribution in [0.15, 0.2) is 24.5 Å². The second-order valence-electron chi connectivity index (χ2n) is 10.0. The Kier molecular flexibility index (Phi) is 5.42. The third-order valence-corrected chi connectivity index (χ3v) is 7.13. The van der Waals surface area contributed by atoms with Gasteiger partial charge in [0.2, 0.25) is 11.7 Å². The van der Waals surface area contributed by atoms with Crippen LogP contribution in [-0.2, 0) is 29.6 Å². The highest BCUT2D eigenvalue weighted by Gasteiger charge is 2.43. The van der Waals surface area contributed by atoms with E-state index >= 15 is 0 Å². The quantitative estimate of drug-likeness (QED) is 0.712. The van der Waals surface area contributed by atoms with Gasteiger partial charge in [0, 0.05) is 25.5 Å². The lowest BCUT2D eigenvalue weighted by atomic mass is 9.66. The van der Waals surface area contributed by atoms with E-state index < -0.39 is 12.0 Å². The number of rotatable bonds is 3. The first-order valence-corrected chi connectivity index (χ1v) is 10.9. The number of aromatic nitrogens is 4. The molecule has 2 aromatic rings. The van der Waals surface area contributed by atoms with Crippen LogP contribution in [0, 0.1) is 11.3 Å². The summed E-state index contributed by atoms with van der Waals surface area (Å²) in [5.41, 5.74) is -0.0510. The summed E-state index contributed by atoms with van der Waals surface area (Å²) in [6.07, 6.45) is 3.78. The Bertz CT molecular complexity index is 918. The standard InChI is InChI=1S/C22H30F3N5O/c1-20(2,3)16-6-8-21(9-7-16,29-10-4-5-11-29)14-18(31)28-12-13-30-17(15-28)26-27-19(30)22(23,24)25/h4-5,10-11,16H,6-9,12-15H2,1-3H3. The van der Waals surface area contributed by atoms with E-state index in [-0.39, 0.29) is 42.3 Å². The molecule has 170 valence electrons. The third-order valence-electron chi connectivity index (χ3n) is 7.13. The maximum Gasteiger partial charge on any atom is 0.451 e. The molecule has 9 heteroatoms. The van der Waals surface area contributed by atoms with Crippen molar-refractivity contribution in [2.75, 3.05) is 6.54 Å². The summed E-state index contributed by atoms with van der Waals surface area (Å²) in [4.78, 5) is 14.9. The van der Waals surface area contributed by atoms with Gasteiger partial charge in [-0.3, -0.25) is 4.79 Å². The fourth-order valence-corrected chi connectivity index (χ4v) is 5.17. The number of nitrogens with zero attached hydrogens (tertiary/aromatic N) is 5. The minimum atomic E-state index is -4.54. The van der Waals surface area contributed by atoms with E-state index in [1.807, 2.05) is 24.5 Å². The van der Waals surface area contributed by atoms with Crippen molar-refractivity contribution in [3.05, 3.63) is 36.2 Å². The van der Waals surface area contributed by atoms with Crippen molar-refractivity contribution in [1.82, 2.24) is 24.2 Å². The predicted molar refractivity (Wildman–Crippen MR) is 109 cm³/mol. The molecule has 0 spiro atoms. The van der Waals surface area contributed by atoms with E-state index in [9.17, 15) is 18.0 Å². The van der Waals surface area contributed by atoms with Gasteiger partial charge in [0.15, 0.2) is 5.82 Å². The zero-order valence-electron chi connectivity index (χ0n) is 18.3. The Labute approximate surface area is 180 Å². The molecule has 1 saturated carbocycles. The molecule has 0 N–H and O–H groups in total. The first kappa shape index (κ1) is 21.9. The summed E-state index contributed by atoms with van der Waals surface area (Å²) in [6.45, 7) is 7.17. The normalized spacial score (nSPS) is 24.8. The SMILES string of the molecule is CC(C)(C)C1CCC(CC(=O)N2CCn3c(nnc3C(F)(F)F)C2)(n2cccc2)CC1. The van der Waals surface area contributed by atoms with E-state index in [0.717, 1.165) is 30.3 Å². The summed E-state index contributed by atoms with van der Waals surface area (Å²) in [6, 6.07) is 3.95. The molecular formula is C22H30F3N5O. The molecule has 3 heterocycles. The Hall–Kier alpha value is -2.32. The van der Waals surface area contributed by atoms with Gasteiger partial charge in [-0.1, -0.05) is 20.8 Å². The number of hydrogen-bond donors (Lipinski definition) is 0. The number of amides is 1. The summed E-state index contributed by atoms with van der Waals surface area (Å²) in [5.74, 6) is -0.219. The van der Waals surface area contributed by atoms with Crippen LogP contribution in [0.25, 0.3) is 0 Å². The fourth-order valence-electron chi connectivity index (χ4n) is 5.17. The van der Waals surface area contributed by atoms with Gasteiger partial charge in [0.25, 0.3) is 0 Å². The molecule has 0 radical (unpaired) electrons. The average molecular weight is 438 g/mol. The molecule has 1 aliphatic heterocycles. The molecule has 0 bridgehead atoms. The monoisotopic (exact) mass is 437 g/mol. The fraction of sp³-hybridized carbons (Fsp3) is 0.682. The molecule has 0 unspecified atom stereocenters. The molecule has 2 aromatic heterocycles. The second-order valence-corrected chi connectivity index (χ2v) is 10.0. The van der Waals surface area contributed by atoms with Crippen molar-refractivity contribution in [3.8, 4) is 0 Å². The van der Waals surface area contributed by atoms with Crippen LogP contribution in [-0.4, -0.2) is 36.7 Å². The topological polar surface area (TPSA) is 56.0 Å². The van der Waals surface area contributed by atoms with Gasteiger partial charge in [-0.05, 0) is 49.1 Å². The number of hydrogen-bond acceptors (Lipinski definition) is 3. The number of carbonyl (C=O) groups is 1. The minimum absolute atomic E-state index is 0.0364. The second kappa shape index (κ2) is 7.67. The van der Waals surface area contributed by atoms with E-state index in [0.29, 0.717) is 12.3 Å². The van der Waals surface area contributed by atoms with Gasteiger partial charge < -0.3 is 14.0 Å². The van der Waals surface area contributed by atoms with E-state index in [2.05, 4.69) is 35.5 Å². The van der Waals surface area contributed by atoms with Crippen LogP contribution in [0.4, 0.5) is 13.2 Å². The van der Waals surface area contributed by atoms with Gasteiger partial charge in [-0.2, -0.15) is 13.2 Å². The van der Waals surface area contributed by atoms with Crippen LogP contribution < -0.4 is 0 Å². The Morgan fingerprint density at radius 1 is 1.10 bits per heavy atom. The van der Waals surface area contributed by atoms with Crippen LogP contribution in [0.3, 0.4) is 0 Å². The highest BCUT2D eigenvalue weighted by atomic mass is 19.4. The molecule has 2 aliphatic rings. The number of carbonyl (C=O) groups excluding carboxylic acids is 1. The molecular weight excluding hydrogens is 407 g/mol. The van der Waals surface area contributed by atoms with E-state index in [1.54, 1.807) is 4.90 Å². The predicted octanol–water partition coefficient (Wildman–Crippen LogP) is 4.46. The van der Waals surface area contributed by atoms with E-state index in [1.165, 1.54) is 0 Å². The van der Waals surface area contributed by atoms with Crippen molar-refractivity contribution in [2.24, 2.45) is 11.3 Å². The van der Waals surface area contributed by atoms with Crippen molar-refractivity contribution in [3.63, 3.8) is 0 Å². The Morgan fingerprint density at radius 3 is 2.32 bits per heavy atom. The summed E-state index contributed by atoms with van der Waals surface area (Å²) < 4.78 is 42.5. The van der Waals surface area contributed by atoms with E-state index in [4.69, 9.17) is 0 Å². The summed E-state index contributed by atoms with van der Waals surface area (Å²) >= 11 is 0. The highest BCUT2D eigenvalue weighted by molar-refractivity contribution is 5.77. The zero-order valence-corrected chi connectivity index (χ0v) is 18.3. The summed E-state index contributed by atoms with van der Waals surface area (Å²) in [7, 11) is 0. The molecule has 1 amide bonds. The zero-order chi connectivity index (χ0) is 22.4. The molecule has 6 nitrogen and oxygen atoms in total. The minimum Gasteiger partial charge on any atom is -0.348 e. The first-order chi connectivity index (χ1) is 14.5. The molecule has 0 aromatic carbocycles. The van der Waals surface area contributed by atoms with Crippen LogP contribution in [0.2, 0.25) is 0 Å². The van der Waals surface area contributed by atoms with Gasteiger partial charge >= 0.3 is 6.18 Å². The van der Waals surface area contributed by atoms with Gasteiger partial charge in [-0.15, -0.1) is 10.2 Å². The van der Waals surface area contributed by atoms with Crippen LogP contribution >= 0.6 is 0 Å². The Morgan fingerprint density at radius 2 is 1.74 bits per heavy atom. The molecule has 1 fully saturated rings. The van der Waals surface area contributed by atoms with Crippen molar-refractivity contribution < 1.29 is 18.0 Å². The summed E-state index contributed by atoms with van der Waals surface area (Å²) in [5, 5.41) is 7.01. The van der Waals surface area contributed by atoms with Gasteiger partial charge in [-0.25, -0.2) is 0 Å². The molecule has 0 atom stereocenters. The van der Waals surface area contributed by atoms with Crippen molar-refractivity contribution >= 4 is 5.91 Å². The van der Waals surface area contributed by atoms with Crippen molar-refractivity contribution in [2.45, 2.75) is 77.7 Å². The number of alkyl halides is 3. The Balaban J connectivity index is 1.50. The van der Waals surface area contributed by atoms with Gasteiger partial charge in [0.1, 0.15) is 0 Å². The lowest BCUT2D eigenvalue weighted by Gasteiger charge is -2.45. The molecule has 4 rings (SSSR count). The first-order valence-electron chi connectivity index (χ1n) is 10.9. The lowest BCUT2D eigenvalue weighted by Crippen LogP contribution is -2.46. The average Bonchev–Trinajstić information content (AvgIpc) is 3.37. The molecule has 31 heavy (non-hydrogen) atoms. The maximum absolute atomic E-state index is 13.3. The maximum atomic E-state index is 13.3. The highest BCUT2D eigenvalue weighted by Crippen LogP contribution is 2.46. The smallest absolute Gasteiger partial charge is 0.348 e. The van der Waals surface area contributed by atoms with Crippen molar-refractivity contribution in [1.29, 1.82) is 0 Å². The molecule has 0 saturated heterocycles. The number of fused-ring (bicyclic) bond motifs is 1. The largest absolute Gasteiger partial charge is 0.451 e. The lowest BCUT2D eigenvalue weighted by molar-refractivity contribution is -0.148. The van der Waals surface area contributed by atoms with Gasteiger partial charge in [0.05, 0.1) is 18.5 Å².